The first-order valence-electron chi connectivity index (χ1n) is 9.43. The van der Waals surface area contributed by atoms with Crippen LogP contribution in [0.1, 0.15) is 31.9 Å². The number of hydrogen-bond donors (Lipinski definition) is 0. The Kier molecular flexibility index (Phi) is 5.28. The second kappa shape index (κ2) is 7.48. The van der Waals surface area contributed by atoms with Crippen molar-refractivity contribution in [2.24, 2.45) is 0 Å². The maximum Gasteiger partial charge on any atom is 0.194 e. The minimum Gasteiger partial charge on any atom is -0.0996 e. The second-order valence-electron chi connectivity index (χ2n) is 7.38. The zero-order valence-electron chi connectivity index (χ0n) is 16.8. The summed E-state index contributed by atoms with van der Waals surface area (Å²) in [7, 11) is 1.88. The fourth-order valence-electron chi connectivity index (χ4n) is 4.18. The molecule has 1 aromatic rings. The van der Waals surface area contributed by atoms with Crippen LogP contribution in [-0.2, 0) is 0 Å². The number of rotatable bonds is 5. The molecule has 27 heavy (non-hydrogen) atoms. The Morgan fingerprint density at radius 1 is 0.815 bits per heavy atom. The number of allylic oxidation sites excluding steroid dienone is 12. The smallest absolute Gasteiger partial charge is 0.0996 e. The Balaban J connectivity index is 2.23. The molecule has 0 spiro atoms. The molecule has 1 aromatic carbocycles. The van der Waals surface area contributed by atoms with Crippen LogP contribution in [-0.4, -0.2) is 14.6 Å². The summed E-state index contributed by atoms with van der Waals surface area (Å²) in [5.74, 6) is 0. The summed E-state index contributed by atoms with van der Waals surface area (Å²) in [6.45, 7) is 22.4. The van der Waals surface area contributed by atoms with E-state index < -0.39 is 0 Å². The lowest BCUT2D eigenvalue weighted by Crippen LogP contribution is -2.21. The molecule has 0 aliphatic carbocycles. The Bertz CT molecular complexity index is 1010. The van der Waals surface area contributed by atoms with Crippen molar-refractivity contribution in [1.82, 2.24) is 0 Å². The average Bonchev–Trinajstić information content (AvgIpc) is 3.22. The fourth-order valence-corrected chi connectivity index (χ4v) is 4.18. The van der Waals surface area contributed by atoms with Crippen molar-refractivity contribution in [1.29, 1.82) is 0 Å². The van der Waals surface area contributed by atoms with Crippen LogP contribution in [0.2, 0.25) is 0 Å². The van der Waals surface area contributed by atoms with Gasteiger partial charge in [0, 0.05) is 0 Å². The predicted octanol–water partition coefficient (Wildman–Crippen LogP) is 4.29. The number of hydrogen-bond acceptors (Lipinski definition) is 0. The van der Waals surface area contributed by atoms with Gasteiger partial charge in [0.1, 0.15) is 0 Å². The van der Waals surface area contributed by atoms with Crippen molar-refractivity contribution < 1.29 is 0 Å². The maximum absolute atomic E-state index is 4.03. The number of benzene rings is 1. The van der Waals surface area contributed by atoms with Crippen molar-refractivity contribution in [2.45, 2.75) is 20.8 Å². The number of fused-ring (bicyclic) bond motifs is 2. The quantitative estimate of drug-likeness (QED) is 0.550. The summed E-state index contributed by atoms with van der Waals surface area (Å²) in [6.07, 6.45) is 10.0. The van der Waals surface area contributed by atoms with Gasteiger partial charge in [-0.1, -0.05) is 102 Å². The highest BCUT2D eigenvalue weighted by Gasteiger charge is 2.29. The average molecular weight is 348 g/mol. The van der Waals surface area contributed by atoms with Crippen LogP contribution < -0.4 is 10.9 Å². The van der Waals surface area contributed by atoms with Gasteiger partial charge in [-0.15, -0.1) is 0 Å². The molecule has 132 valence electrons. The standard InChI is InChI=1S/C25H26B2/c1-8-15(5)12-17(7)25-24(16(6)9-2)20-14-22-19(13-23(20)27-25)18(10-3)21(11-4)26-22/h8-14,26-27H,1-4H2,5-7H3/b15-12+,24-16+,25-17+. The van der Waals surface area contributed by atoms with E-state index in [0.29, 0.717) is 0 Å². The van der Waals surface area contributed by atoms with E-state index in [1.807, 2.05) is 24.3 Å². The highest BCUT2D eigenvalue weighted by atomic mass is 14.2. The summed E-state index contributed by atoms with van der Waals surface area (Å²) < 4.78 is 0. The molecule has 2 heteroatoms. The molecule has 0 N–H and O–H groups in total. The first-order chi connectivity index (χ1) is 12.9. The Morgan fingerprint density at radius 3 is 2.07 bits per heavy atom. The summed E-state index contributed by atoms with van der Waals surface area (Å²) >= 11 is 0. The molecule has 0 bridgehead atoms. The second-order valence-corrected chi connectivity index (χ2v) is 7.38. The lowest BCUT2D eigenvalue weighted by atomic mass is 9.64. The molecule has 0 saturated heterocycles. The molecule has 2 aliphatic heterocycles. The van der Waals surface area contributed by atoms with Crippen LogP contribution in [0.3, 0.4) is 0 Å². The van der Waals surface area contributed by atoms with E-state index in [-0.39, 0.29) is 0 Å². The predicted molar refractivity (Wildman–Crippen MR) is 127 cm³/mol. The largest absolute Gasteiger partial charge is 0.194 e. The zero-order valence-corrected chi connectivity index (χ0v) is 16.8. The van der Waals surface area contributed by atoms with E-state index in [0.717, 1.165) is 14.6 Å². The lowest BCUT2D eigenvalue weighted by Gasteiger charge is -2.12. The molecule has 0 nitrogen and oxygen atoms in total. The minimum atomic E-state index is 0.932. The van der Waals surface area contributed by atoms with Gasteiger partial charge in [-0.3, -0.25) is 0 Å². The van der Waals surface area contributed by atoms with E-state index in [9.17, 15) is 0 Å². The minimum absolute atomic E-state index is 0.932. The van der Waals surface area contributed by atoms with E-state index in [4.69, 9.17) is 0 Å². The van der Waals surface area contributed by atoms with Gasteiger partial charge in [0.15, 0.2) is 14.6 Å². The lowest BCUT2D eigenvalue weighted by molar-refractivity contribution is 1.42. The monoisotopic (exact) mass is 348 g/mol. The topological polar surface area (TPSA) is 0 Å². The molecule has 0 aromatic heterocycles. The van der Waals surface area contributed by atoms with Crippen LogP contribution in [0.4, 0.5) is 0 Å². The normalized spacial score (nSPS) is 18.9. The first-order valence-corrected chi connectivity index (χ1v) is 9.43. The van der Waals surface area contributed by atoms with Crippen molar-refractivity contribution in [3.63, 3.8) is 0 Å². The third kappa shape index (κ3) is 3.21. The van der Waals surface area contributed by atoms with Gasteiger partial charge in [-0.05, 0) is 48.6 Å². The van der Waals surface area contributed by atoms with Crippen LogP contribution in [0.15, 0.2) is 96.5 Å². The van der Waals surface area contributed by atoms with Gasteiger partial charge < -0.3 is 0 Å². The van der Waals surface area contributed by atoms with Crippen LogP contribution in [0, 0.1) is 0 Å². The molecule has 0 atom stereocenters. The van der Waals surface area contributed by atoms with Gasteiger partial charge in [-0.2, -0.15) is 0 Å². The third-order valence-corrected chi connectivity index (χ3v) is 5.68. The highest BCUT2D eigenvalue weighted by molar-refractivity contribution is 6.71. The molecule has 0 radical (unpaired) electrons. The molecule has 2 heterocycles. The molecule has 0 amide bonds. The molecular formula is C25H26B2. The van der Waals surface area contributed by atoms with Crippen molar-refractivity contribution in [3.8, 4) is 0 Å². The van der Waals surface area contributed by atoms with Gasteiger partial charge >= 0.3 is 0 Å². The van der Waals surface area contributed by atoms with Gasteiger partial charge in [0.05, 0.1) is 0 Å². The molecule has 0 unspecified atom stereocenters. The summed E-state index contributed by atoms with van der Waals surface area (Å²) in [4.78, 5) is 0. The van der Waals surface area contributed by atoms with E-state index in [2.05, 4.69) is 65.3 Å². The van der Waals surface area contributed by atoms with E-state index in [1.54, 1.807) is 0 Å². The Hall–Kier alpha value is -2.73. The Morgan fingerprint density at radius 2 is 1.48 bits per heavy atom. The molecule has 2 aliphatic rings. The zero-order chi connectivity index (χ0) is 19.7. The third-order valence-electron chi connectivity index (χ3n) is 5.68. The van der Waals surface area contributed by atoms with E-state index in [1.165, 1.54) is 60.9 Å². The maximum atomic E-state index is 4.03. The van der Waals surface area contributed by atoms with E-state index >= 15 is 0 Å². The van der Waals surface area contributed by atoms with Crippen LogP contribution in [0.25, 0.3) is 11.1 Å². The van der Waals surface area contributed by atoms with Crippen LogP contribution >= 0.6 is 0 Å². The fraction of sp³-hybridized carbons (Fsp3) is 0.120. The summed E-state index contributed by atoms with van der Waals surface area (Å²) in [5, 5.41) is 0. The molecule has 0 saturated carbocycles. The first kappa shape index (κ1) is 19.0. The molecule has 0 fully saturated rings. The van der Waals surface area contributed by atoms with Crippen LogP contribution in [0.5, 0.6) is 0 Å². The molecule has 3 rings (SSSR count). The highest BCUT2D eigenvalue weighted by Crippen LogP contribution is 2.35. The summed E-state index contributed by atoms with van der Waals surface area (Å²) in [6, 6.07) is 4.73. The van der Waals surface area contributed by atoms with Crippen molar-refractivity contribution in [2.75, 3.05) is 0 Å². The van der Waals surface area contributed by atoms with Crippen molar-refractivity contribution >= 4 is 36.6 Å². The van der Waals surface area contributed by atoms with Crippen molar-refractivity contribution in [3.05, 3.63) is 108 Å². The molecular weight excluding hydrogens is 322 g/mol. The van der Waals surface area contributed by atoms with Gasteiger partial charge in [-0.25, -0.2) is 0 Å². The SMILES string of the molecule is C=CC1=C(C=C)c2cc3c(cc2B1)C(=C(/C)C=C)/C(=C(C)\C=C(/C)C=C)B3. The van der Waals surface area contributed by atoms with Gasteiger partial charge in [0.2, 0.25) is 0 Å². The van der Waals surface area contributed by atoms with Gasteiger partial charge in [0.25, 0.3) is 0 Å². The Labute approximate surface area is 165 Å². The summed E-state index contributed by atoms with van der Waals surface area (Å²) in [5.41, 5.74) is 14.3.